The van der Waals surface area contributed by atoms with Gasteiger partial charge in [-0.2, -0.15) is 0 Å². The maximum atomic E-state index is 12.2. The molecule has 0 spiro atoms. The third-order valence-electron chi connectivity index (χ3n) is 3.86. The van der Waals surface area contributed by atoms with Gasteiger partial charge in [0, 0.05) is 17.8 Å². The largest absolute Gasteiger partial charge is 0.497 e. The number of hydrogen-bond donors (Lipinski definition) is 1. The minimum atomic E-state index is -0.177. The third kappa shape index (κ3) is 4.82. The number of pyridine rings is 1. The molecule has 1 aromatic carbocycles. The van der Waals surface area contributed by atoms with Crippen LogP contribution in [0, 0.1) is 0 Å². The molecule has 0 saturated heterocycles. The molecule has 0 fully saturated rings. The number of methoxy groups -OCH3 is 1. The number of aromatic nitrogens is 4. The number of carbonyl (C=O) groups is 1. The Labute approximate surface area is 172 Å². The first-order chi connectivity index (χ1) is 13.5. The fourth-order valence-corrected chi connectivity index (χ4v) is 3.52. The Balaban J connectivity index is 1.72. The Morgan fingerprint density at radius 2 is 1.96 bits per heavy atom. The van der Waals surface area contributed by atoms with Gasteiger partial charge in [-0.05, 0) is 50.2 Å². The van der Waals surface area contributed by atoms with E-state index in [1.165, 1.54) is 18.0 Å². The van der Waals surface area contributed by atoms with Crippen LogP contribution in [0.5, 0.6) is 5.75 Å². The molecule has 7 nitrogen and oxygen atoms in total. The second kappa shape index (κ2) is 9.07. The SMILES string of the molecule is COc1ccc(-c2nnc(SCC(=O)Nc3ccc(Cl)cn3)n2C(C)C)cc1. The van der Waals surface area contributed by atoms with Crippen molar-refractivity contribution < 1.29 is 9.53 Å². The van der Waals surface area contributed by atoms with Gasteiger partial charge in [0.2, 0.25) is 5.91 Å². The highest BCUT2D eigenvalue weighted by molar-refractivity contribution is 7.99. The summed E-state index contributed by atoms with van der Waals surface area (Å²) in [5, 5.41) is 12.5. The molecule has 1 N–H and O–H groups in total. The average molecular weight is 418 g/mol. The van der Waals surface area contributed by atoms with Crippen LogP contribution in [0.15, 0.2) is 47.8 Å². The van der Waals surface area contributed by atoms with E-state index in [0.29, 0.717) is 16.0 Å². The Hall–Kier alpha value is -2.58. The molecule has 0 aliphatic heterocycles. The molecule has 9 heteroatoms. The minimum Gasteiger partial charge on any atom is -0.497 e. The van der Waals surface area contributed by atoms with Crippen molar-refractivity contribution in [2.24, 2.45) is 0 Å². The third-order valence-corrected chi connectivity index (χ3v) is 5.02. The molecular weight excluding hydrogens is 398 g/mol. The summed E-state index contributed by atoms with van der Waals surface area (Å²) >= 11 is 7.13. The van der Waals surface area contributed by atoms with Crippen LogP contribution in [0.4, 0.5) is 5.82 Å². The Bertz CT molecular complexity index is 942. The van der Waals surface area contributed by atoms with Gasteiger partial charge in [0.25, 0.3) is 0 Å². The Morgan fingerprint density at radius 1 is 1.21 bits per heavy atom. The molecule has 2 heterocycles. The molecule has 0 aliphatic rings. The number of nitrogens with zero attached hydrogens (tertiary/aromatic N) is 4. The van der Waals surface area contributed by atoms with E-state index in [4.69, 9.17) is 16.3 Å². The summed E-state index contributed by atoms with van der Waals surface area (Å²) in [6.07, 6.45) is 1.49. The van der Waals surface area contributed by atoms with Crippen LogP contribution in [0.1, 0.15) is 19.9 Å². The standard InChI is InChI=1S/C19H20ClN5O2S/c1-12(2)25-18(13-4-7-15(27-3)8-5-13)23-24-19(25)28-11-17(26)22-16-9-6-14(20)10-21-16/h4-10,12H,11H2,1-3H3,(H,21,22,26). The fraction of sp³-hybridized carbons (Fsp3) is 0.263. The Morgan fingerprint density at radius 3 is 2.57 bits per heavy atom. The summed E-state index contributed by atoms with van der Waals surface area (Å²) in [5.41, 5.74) is 0.934. The summed E-state index contributed by atoms with van der Waals surface area (Å²) in [6, 6.07) is 11.1. The summed E-state index contributed by atoms with van der Waals surface area (Å²) in [5.74, 6) is 2.00. The molecule has 0 atom stereocenters. The molecule has 2 aromatic heterocycles. The maximum absolute atomic E-state index is 12.2. The molecule has 0 aliphatic carbocycles. The topological polar surface area (TPSA) is 81.9 Å². The lowest BCUT2D eigenvalue weighted by molar-refractivity contribution is -0.113. The zero-order valence-corrected chi connectivity index (χ0v) is 17.3. The van der Waals surface area contributed by atoms with Gasteiger partial charge in [-0.1, -0.05) is 23.4 Å². The van der Waals surface area contributed by atoms with Crippen LogP contribution < -0.4 is 10.1 Å². The number of amides is 1. The highest BCUT2D eigenvalue weighted by Gasteiger charge is 2.18. The van der Waals surface area contributed by atoms with E-state index in [0.717, 1.165) is 17.1 Å². The maximum Gasteiger partial charge on any atom is 0.236 e. The van der Waals surface area contributed by atoms with E-state index in [-0.39, 0.29) is 17.7 Å². The lowest BCUT2D eigenvalue weighted by Crippen LogP contribution is -2.15. The summed E-state index contributed by atoms with van der Waals surface area (Å²) in [4.78, 5) is 16.3. The van der Waals surface area contributed by atoms with Crippen LogP contribution in [0.2, 0.25) is 5.02 Å². The van der Waals surface area contributed by atoms with Crippen molar-refractivity contribution in [3.05, 3.63) is 47.6 Å². The molecule has 1 amide bonds. The van der Waals surface area contributed by atoms with E-state index < -0.39 is 0 Å². The van der Waals surface area contributed by atoms with Crippen LogP contribution in [-0.4, -0.2) is 38.5 Å². The first kappa shape index (κ1) is 20.2. The van der Waals surface area contributed by atoms with E-state index in [2.05, 4.69) is 34.3 Å². The first-order valence-electron chi connectivity index (χ1n) is 8.61. The Kier molecular flexibility index (Phi) is 6.53. The number of thioether (sulfide) groups is 1. The van der Waals surface area contributed by atoms with Crippen LogP contribution in [0.3, 0.4) is 0 Å². The van der Waals surface area contributed by atoms with Gasteiger partial charge in [0.1, 0.15) is 11.6 Å². The minimum absolute atomic E-state index is 0.135. The van der Waals surface area contributed by atoms with E-state index >= 15 is 0 Å². The number of ether oxygens (including phenoxy) is 1. The molecule has 146 valence electrons. The van der Waals surface area contributed by atoms with Gasteiger partial charge in [0.15, 0.2) is 11.0 Å². The lowest BCUT2D eigenvalue weighted by atomic mass is 10.2. The molecule has 0 saturated carbocycles. The number of nitrogens with one attached hydrogen (secondary N) is 1. The van der Waals surface area contributed by atoms with Gasteiger partial charge in [0.05, 0.1) is 17.9 Å². The van der Waals surface area contributed by atoms with Crippen molar-refractivity contribution in [1.29, 1.82) is 0 Å². The van der Waals surface area contributed by atoms with E-state index in [1.807, 2.05) is 28.8 Å². The quantitative estimate of drug-likeness (QED) is 0.576. The number of carbonyl (C=O) groups excluding carboxylic acids is 1. The summed E-state index contributed by atoms with van der Waals surface area (Å²) in [6.45, 7) is 4.11. The number of halogens is 1. The van der Waals surface area contributed by atoms with Crippen molar-refractivity contribution in [2.45, 2.75) is 25.0 Å². The molecule has 28 heavy (non-hydrogen) atoms. The van der Waals surface area contributed by atoms with Crippen molar-refractivity contribution in [1.82, 2.24) is 19.7 Å². The van der Waals surface area contributed by atoms with Crippen LogP contribution in [-0.2, 0) is 4.79 Å². The second-order valence-electron chi connectivity index (χ2n) is 6.20. The zero-order valence-electron chi connectivity index (χ0n) is 15.7. The highest BCUT2D eigenvalue weighted by Crippen LogP contribution is 2.28. The van der Waals surface area contributed by atoms with Gasteiger partial charge in [-0.3, -0.25) is 9.36 Å². The highest BCUT2D eigenvalue weighted by atomic mass is 35.5. The predicted octanol–water partition coefficient (Wildman–Crippen LogP) is 4.31. The van der Waals surface area contributed by atoms with Crippen LogP contribution in [0.25, 0.3) is 11.4 Å². The number of anilines is 1. The van der Waals surface area contributed by atoms with Gasteiger partial charge in [-0.25, -0.2) is 4.98 Å². The molecule has 3 rings (SSSR count). The van der Waals surface area contributed by atoms with Crippen molar-refractivity contribution in [3.8, 4) is 17.1 Å². The number of rotatable bonds is 7. The second-order valence-corrected chi connectivity index (χ2v) is 7.58. The monoisotopic (exact) mass is 417 g/mol. The van der Waals surface area contributed by atoms with Crippen molar-refractivity contribution in [2.75, 3.05) is 18.2 Å². The molecule has 0 bridgehead atoms. The first-order valence-corrected chi connectivity index (χ1v) is 9.98. The van der Waals surface area contributed by atoms with Gasteiger partial charge < -0.3 is 10.1 Å². The van der Waals surface area contributed by atoms with E-state index in [1.54, 1.807) is 19.2 Å². The predicted molar refractivity (Wildman–Crippen MR) is 111 cm³/mol. The number of hydrogen-bond acceptors (Lipinski definition) is 6. The van der Waals surface area contributed by atoms with Crippen molar-refractivity contribution in [3.63, 3.8) is 0 Å². The van der Waals surface area contributed by atoms with Gasteiger partial charge in [-0.15, -0.1) is 10.2 Å². The smallest absolute Gasteiger partial charge is 0.236 e. The molecule has 0 radical (unpaired) electrons. The molecule has 3 aromatic rings. The van der Waals surface area contributed by atoms with Gasteiger partial charge >= 0.3 is 0 Å². The summed E-state index contributed by atoms with van der Waals surface area (Å²) in [7, 11) is 1.63. The number of benzene rings is 1. The zero-order chi connectivity index (χ0) is 20.1. The fourth-order valence-electron chi connectivity index (χ4n) is 2.54. The summed E-state index contributed by atoms with van der Waals surface area (Å²) < 4.78 is 7.22. The molecular formula is C19H20ClN5O2S. The normalized spacial score (nSPS) is 10.9. The van der Waals surface area contributed by atoms with Crippen molar-refractivity contribution >= 4 is 35.1 Å². The molecule has 0 unspecified atom stereocenters. The van der Waals surface area contributed by atoms with E-state index in [9.17, 15) is 4.79 Å². The lowest BCUT2D eigenvalue weighted by Gasteiger charge is -2.14. The van der Waals surface area contributed by atoms with Crippen LogP contribution >= 0.6 is 23.4 Å². The average Bonchev–Trinajstić information content (AvgIpc) is 3.12.